The Morgan fingerprint density at radius 2 is 1.85 bits per heavy atom. The summed E-state index contributed by atoms with van der Waals surface area (Å²) in [5.41, 5.74) is 5.75. The standard InChI is InChI=1S/C22H19N3O/c1-15-5-4-6-17(13-15)22-25-20(18-7-2-3-8-21(18)26-22)14-19(24-25)16-9-11-23-12-10-16/h2-13,20,22H,14H2,1H3/t20-,22-/m0/s1. The molecule has 128 valence electrons. The third-order valence-corrected chi connectivity index (χ3v) is 5.04. The predicted octanol–water partition coefficient (Wildman–Crippen LogP) is 4.63. The highest BCUT2D eigenvalue weighted by atomic mass is 16.5. The number of hydrogen-bond acceptors (Lipinski definition) is 4. The summed E-state index contributed by atoms with van der Waals surface area (Å²) >= 11 is 0. The van der Waals surface area contributed by atoms with Gasteiger partial charge in [0.05, 0.1) is 11.8 Å². The summed E-state index contributed by atoms with van der Waals surface area (Å²) in [6.45, 7) is 2.10. The lowest BCUT2D eigenvalue weighted by atomic mass is 9.96. The summed E-state index contributed by atoms with van der Waals surface area (Å²) in [5, 5.41) is 7.08. The van der Waals surface area contributed by atoms with Crippen LogP contribution in [0, 0.1) is 6.92 Å². The third kappa shape index (κ3) is 2.46. The quantitative estimate of drug-likeness (QED) is 0.682. The molecule has 26 heavy (non-hydrogen) atoms. The molecule has 0 radical (unpaired) electrons. The predicted molar refractivity (Wildman–Crippen MR) is 101 cm³/mol. The van der Waals surface area contributed by atoms with Crippen molar-refractivity contribution in [3.8, 4) is 5.75 Å². The number of pyridine rings is 1. The largest absolute Gasteiger partial charge is 0.464 e. The average Bonchev–Trinajstić information content (AvgIpc) is 3.14. The Kier molecular flexibility index (Phi) is 3.49. The monoisotopic (exact) mass is 341 g/mol. The summed E-state index contributed by atoms with van der Waals surface area (Å²) in [5.74, 6) is 0.950. The molecule has 3 aromatic rings. The van der Waals surface area contributed by atoms with Crippen LogP contribution in [-0.2, 0) is 0 Å². The van der Waals surface area contributed by atoms with E-state index in [2.05, 4.69) is 59.4 Å². The minimum absolute atomic E-state index is 0.189. The molecule has 0 saturated carbocycles. The molecule has 2 aromatic carbocycles. The number of para-hydroxylation sites is 1. The average molecular weight is 341 g/mol. The molecule has 2 atom stereocenters. The molecule has 0 fully saturated rings. The van der Waals surface area contributed by atoms with E-state index in [0.717, 1.165) is 29.0 Å². The van der Waals surface area contributed by atoms with E-state index in [9.17, 15) is 0 Å². The van der Waals surface area contributed by atoms with Crippen molar-refractivity contribution in [3.63, 3.8) is 0 Å². The highest BCUT2D eigenvalue weighted by molar-refractivity contribution is 6.01. The van der Waals surface area contributed by atoms with E-state index >= 15 is 0 Å². The molecular weight excluding hydrogens is 322 g/mol. The molecule has 0 bridgehead atoms. The first-order valence-corrected chi connectivity index (χ1v) is 8.88. The second-order valence-corrected chi connectivity index (χ2v) is 6.80. The smallest absolute Gasteiger partial charge is 0.213 e. The number of fused-ring (bicyclic) bond motifs is 3. The van der Waals surface area contributed by atoms with Crippen molar-refractivity contribution in [1.29, 1.82) is 0 Å². The minimum atomic E-state index is -0.214. The number of hydrazone groups is 1. The fraction of sp³-hybridized carbons (Fsp3) is 0.182. The Labute approximate surface area is 152 Å². The molecule has 1 aromatic heterocycles. The summed E-state index contributed by atoms with van der Waals surface area (Å²) < 4.78 is 6.38. The Hall–Kier alpha value is -3.14. The molecule has 2 aliphatic heterocycles. The summed E-state index contributed by atoms with van der Waals surface area (Å²) in [6.07, 6.45) is 4.29. The highest BCUT2D eigenvalue weighted by Gasteiger charge is 2.40. The van der Waals surface area contributed by atoms with Crippen LogP contribution in [0.1, 0.15) is 40.9 Å². The van der Waals surface area contributed by atoms with Gasteiger partial charge in [-0.1, -0.05) is 48.0 Å². The van der Waals surface area contributed by atoms with Crippen LogP contribution in [0.3, 0.4) is 0 Å². The summed E-state index contributed by atoms with van der Waals surface area (Å²) in [4.78, 5) is 4.12. The van der Waals surface area contributed by atoms with Crippen molar-refractivity contribution in [3.05, 3.63) is 95.3 Å². The van der Waals surface area contributed by atoms with Gasteiger partial charge in [0.2, 0.25) is 6.23 Å². The van der Waals surface area contributed by atoms with Crippen LogP contribution < -0.4 is 4.74 Å². The number of nitrogens with zero attached hydrogens (tertiary/aromatic N) is 3. The fourth-order valence-corrected chi connectivity index (χ4v) is 3.80. The maximum Gasteiger partial charge on any atom is 0.213 e. The topological polar surface area (TPSA) is 37.7 Å². The van der Waals surface area contributed by atoms with E-state index in [1.165, 1.54) is 11.1 Å². The van der Waals surface area contributed by atoms with E-state index in [1.807, 2.05) is 30.6 Å². The molecule has 3 heterocycles. The van der Waals surface area contributed by atoms with Crippen LogP contribution >= 0.6 is 0 Å². The van der Waals surface area contributed by atoms with Crippen LogP contribution in [0.5, 0.6) is 5.75 Å². The van der Waals surface area contributed by atoms with Gasteiger partial charge < -0.3 is 4.74 Å². The second-order valence-electron chi connectivity index (χ2n) is 6.80. The maximum absolute atomic E-state index is 6.38. The Morgan fingerprint density at radius 1 is 1.00 bits per heavy atom. The lowest BCUT2D eigenvalue weighted by Crippen LogP contribution is -2.33. The van der Waals surface area contributed by atoms with Gasteiger partial charge in [-0.2, -0.15) is 5.10 Å². The molecule has 0 unspecified atom stereocenters. The Morgan fingerprint density at radius 3 is 2.69 bits per heavy atom. The fourth-order valence-electron chi connectivity index (χ4n) is 3.80. The lowest BCUT2D eigenvalue weighted by molar-refractivity contribution is -0.0190. The van der Waals surface area contributed by atoms with E-state index in [1.54, 1.807) is 0 Å². The number of aromatic nitrogens is 1. The van der Waals surface area contributed by atoms with Crippen molar-refractivity contribution in [2.75, 3.05) is 0 Å². The van der Waals surface area contributed by atoms with Gasteiger partial charge in [-0.3, -0.25) is 4.98 Å². The van der Waals surface area contributed by atoms with Crippen LogP contribution in [-0.4, -0.2) is 15.7 Å². The van der Waals surface area contributed by atoms with Gasteiger partial charge in [0.1, 0.15) is 5.75 Å². The Bertz CT molecular complexity index is 983. The highest BCUT2D eigenvalue weighted by Crippen LogP contribution is 2.47. The summed E-state index contributed by atoms with van der Waals surface area (Å²) in [6, 6.07) is 21.0. The van der Waals surface area contributed by atoms with E-state index in [-0.39, 0.29) is 12.3 Å². The number of rotatable bonds is 2. The van der Waals surface area contributed by atoms with Crippen molar-refractivity contribution in [2.24, 2.45) is 5.10 Å². The summed E-state index contributed by atoms with van der Waals surface area (Å²) in [7, 11) is 0. The molecule has 4 nitrogen and oxygen atoms in total. The van der Waals surface area contributed by atoms with Gasteiger partial charge >= 0.3 is 0 Å². The number of benzene rings is 2. The first-order valence-electron chi connectivity index (χ1n) is 8.88. The van der Waals surface area contributed by atoms with Gasteiger partial charge in [-0.15, -0.1) is 0 Å². The number of hydrogen-bond donors (Lipinski definition) is 0. The van der Waals surface area contributed by atoms with Crippen LogP contribution in [0.2, 0.25) is 0 Å². The second kappa shape index (κ2) is 5.99. The molecule has 0 aliphatic carbocycles. The van der Waals surface area contributed by atoms with Crippen molar-refractivity contribution >= 4 is 5.71 Å². The molecule has 5 rings (SSSR count). The zero-order valence-corrected chi connectivity index (χ0v) is 14.5. The molecule has 2 aliphatic rings. The molecule has 0 amide bonds. The van der Waals surface area contributed by atoms with E-state index in [4.69, 9.17) is 9.84 Å². The zero-order valence-electron chi connectivity index (χ0n) is 14.5. The Balaban J connectivity index is 1.61. The maximum atomic E-state index is 6.38. The SMILES string of the molecule is Cc1cccc([C@@H]2Oc3ccccc3[C@@H]3CC(c4ccncc4)=NN32)c1. The normalized spacial score (nSPS) is 20.8. The molecule has 0 saturated heterocycles. The van der Waals surface area contributed by atoms with Gasteiger partial charge in [-0.25, -0.2) is 5.01 Å². The van der Waals surface area contributed by atoms with E-state index < -0.39 is 0 Å². The van der Waals surface area contributed by atoms with Crippen molar-refractivity contribution in [2.45, 2.75) is 25.6 Å². The lowest BCUT2D eigenvalue weighted by Gasteiger charge is -2.38. The number of aryl methyl sites for hydroxylation is 1. The van der Waals surface area contributed by atoms with Crippen LogP contribution in [0.15, 0.2) is 78.2 Å². The first-order chi connectivity index (χ1) is 12.8. The van der Waals surface area contributed by atoms with Crippen LogP contribution in [0.4, 0.5) is 0 Å². The molecule has 0 N–H and O–H groups in total. The van der Waals surface area contributed by atoms with Crippen molar-refractivity contribution in [1.82, 2.24) is 9.99 Å². The van der Waals surface area contributed by atoms with Crippen molar-refractivity contribution < 1.29 is 4.74 Å². The zero-order chi connectivity index (χ0) is 17.5. The third-order valence-electron chi connectivity index (χ3n) is 5.04. The molecular formula is C22H19N3O. The number of ether oxygens (including phenoxy) is 1. The first kappa shape index (κ1) is 15.1. The van der Waals surface area contributed by atoms with Gasteiger partial charge in [0.15, 0.2) is 0 Å². The van der Waals surface area contributed by atoms with E-state index in [0.29, 0.717) is 0 Å². The van der Waals surface area contributed by atoms with Gasteiger partial charge in [-0.05, 0) is 25.1 Å². The molecule has 4 heteroatoms. The van der Waals surface area contributed by atoms with Crippen LogP contribution in [0.25, 0.3) is 0 Å². The van der Waals surface area contributed by atoms with Gasteiger partial charge in [0.25, 0.3) is 0 Å². The molecule has 0 spiro atoms. The van der Waals surface area contributed by atoms with Gasteiger partial charge in [0, 0.05) is 35.5 Å². The minimum Gasteiger partial charge on any atom is -0.464 e.